The third kappa shape index (κ3) is 5.55. The molecule has 0 aliphatic carbocycles. The highest BCUT2D eigenvalue weighted by atomic mass is 32.1. The molecule has 5 heteroatoms. The summed E-state index contributed by atoms with van der Waals surface area (Å²) in [7, 11) is 1.73. The molecule has 0 bridgehead atoms. The first-order chi connectivity index (χ1) is 7.86. The van der Waals surface area contributed by atoms with Gasteiger partial charge in [-0.1, -0.05) is 0 Å². The number of rotatable bonds is 9. The molecule has 4 nitrogen and oxygen atoms in total. The Hall–Kier alpha value is -0.490. The molecule has 3 N–H and O–H groups in total. The van der Waals surface area contributed by atoms with E-state index in [1.54, 1.807) is 18.4 Å². The van der Waals surface area contributed by atoms with E-state index in [2.05, 4.69) is 10.3 Å². The van der Waals surface area contributed by atoms with Crippen LogP contribution in [-0.4, -0.2) is 37.8 Å². The molecule has 0 amide bonds. The molecule has 1 heterocycles. The first-order valence-electron chi connectivity index (χ1n) is 5.67. The number of hydrogen-bond acceptors (Lipinski definition) is 5. The van der Waals surface area contributed by atoms with E-state index >= 15 is 0 Å². The van der Waals surface area contributed by atoms with Gasteiger partial charge in [-0.05, 0) is 19.4 Å². The fourth-order valence-corrected chi connectivity index (χ4v) is 2.19. The Bertz CT molecular complexity index is 254. The van der Waals surface area contributed by atoms with E-state index in [1.807, 2.05) is 11.6 Å². The van der Waals surface area contributed by atoms with Crippen LogP contribution in [0.3, 0.4) is 0 Å². The van der Waals surface area contributed by atoms with Gasteiger partial charge in [-0.15, -0.1) is 11.3 Å². The van der Waals surface area contributed by atoms with E-state index in [4.69, 9.17) is 10.5 Å². The number of nitrogens with one attached hydrogen (secondary N) is 1. The first kappa shape index (κ1) is 13.6. The average molecular weight is 243 g/mol. The van der Waals surface area contributed by atoms with Gasteiger partial charge in [-0.25, -0.2) is 4.98 Å². The summed E-state index contributed by atoms with van der Waals surface area (Å²) in [6.07, 6.45) is 4.95. The van der Waals surface area contributed by atoms with Crippen LogP contribution in [0.2, 0.25) is 0 Å². The van der Waals surface area contributed by atoms with Crippen LogP contribution in [0.25, 0.3) is 0 Å². The predicted molar refractivity (Wildman–Crippen MR) is 67.8 cm³/mol. The molecule has 0 radical (unpaired) electrons. The molecule has 1 atom stereocenters. The number of nitrogens with two attached hydrogens (primary N) is 1. The maximum absolute atomic E-state index is 5.50. The standard InChI is InChI=1S/C11H21N3OS/c1-15-9-10(3-2-5-12)13-6-4-11-14-7-8-16-11/h7-8,10,13H,2-6,9,12H2,1H3. The molecule has 0 aliphatic rings. The lowest BCUT2D eigenvalue weighted by Gasteiger charge is -2.17. The molecule has 16 heavy (non-hydrogen) atoms. The highest BCUT2D eigenvalue weighted by Gasteiger charge is 2.07. The molecule has 0 aromatic carbocycles. The zero-order chi connectivity index (χ0) is 11.6. The Labute approximate surface area is 101 Å². The molecule has 0 fully saturated rings. The maximum atomic E-state index is 5.50. The van der Waals surface area contributed by atoms with Crippen molar-refractivity contribution in [2.75, 3.05) is 26.8 Å². The summed E-state index contributed by atoms with van der Waals surface area (Å²) in [6, 6.07) is 0.411. The molecule has 1 unspecified atom stereocenters. The van der Waals surface area contributed by atoms with Crippen molar-refractivity contribution in [3.05, 3.63) is 16.6 Å². The minimum absolute atomic E-state index is 0.411. The van der Waals surface area contributed by atoms with Crippen LogP contribution in [0.15, 0.2) is 11.6 Å². The third-order valence-electron chi connectivity index (χ3n) is 2.38. The molecule has 1 rings (SSSR count). The van der Waals surface area contributed by atoms with Crippen LogP contribution in [0.4, 0.5) is 0 Å². The minimum Gasteiger partial charge on any atom is -0.383 e. The summed E-state index contributed by atoms with van der Waals surface area (Å²) >= 11 is 1.70. The second kappa shape index (κ2) is 8.64. The molecule has 1 aromatic heterocycles. The molecule has 92 valence electrons. The van der Waals surface area contributed by atoms with Gasteiger partial charge in [0, 0.05) is 37.7 Å². The minimum atomic E-state index is 0.411. The average Bonchev–Trinajstić information content (AvgIpc) is 2.79. The predicted octanol–water partition coefficient (Wildman–Crippen LogP) is 1.03. The van der Waals surface area contributed by atoms with Gasteiger partial charge in [0.1, 0.15) is 0 Å². The molecular weight excluding hydrogens is 222 g/mol. The SMILES string of the molecule is COCC(CCCN)NCCc1nccs1. The number of nitrogens with zero attached hydrogens (tertiary/aromatic N) is 1. The number of aromatic nitrogens is 1. The van der Waals surface area contributed by atoms with E-state index in [1.165, 1.54) is 5.01 Å². The Morgan fingerprint density at radius 1 is 1.62 bits per heavy atom. The van der Waals surface area contributed by atoms with Crippen LogP contribution < -0.4 is 11.1 Å². The molecule has 0 aliphatic heterocycles. The normalized spacial score (nSPS) is 12.9. The molecule has 0 spiro atoms. The summed E-state index contributed by atoms with van der Waals surface area (Å²) in [5, 5.41) is 6.67. The molecule has 1 aromatic rings. The van der Waals surface area contributed by atoms with E-state index in [0.717, 1.165) is 39.0 Å². The van der Waals surface area contributed by atoms with Crippen molar-refractivity contribution in [1.82, 2.24) is 10.3 Å². The highest BCUT2D eigenvalue weighted by molar-refractivity contribution is 7.09. The lowest BCUT2D eigenvalue weighted by molar-refractivity contribution is 0.162. The number of hydrogen-bond donors (Lipinski definition) is 2. The van der Waals surface area contributed by atoms with Crippen molar-refractivity contribution in [2.45, 2.75) is 25.3 Å². The van der Waals surface area contributed by atoms with Crippen molar-refractivity contribution in [3.63, 3.8) is 0 Å². The maximum Gasteiger partial charge on any atom is 0.0937 e. The van der Waals surface area contributed by atoms with Gasteiger partial charge in [-0.3, -0.25) is 0 Å². The van der Waals surface area contributed by atoms with Crippen molar-refractivity contribution in [3.8, 4) is 0 Å². The highest BCUT2D eigenvalue weighted by Crippen LogP contribution is 2.04. The third-order valence-corrected chi connectivity index (χ3v) is 3.22. The van der Waals surface area contributed by atoms with Crippen LogP contribution in [-0.2, 0) is 11.2 Å². The summed E-state index contributed by atoms with van der Waals surface area (Å²) in [4.78, 5) is 4.25. The van der Waals surface area contributed by atoms with Crippen LogP contribution >= 0.6 is 11.3 Å². The Balaban J connectivity index is 2.15. The summed E-state index contributed by atoms with van der Waals surface area (Å²) in [5.74, 6) is 0. The molecule has 0 saturated carbocycles. The fourth-order valence-electron chi connectivity index (χ4n) is 1.57. The number of thiazole rings is 1. The van der Waals surface area contributed by atoms with Gasteiger partial charge in [0.05, 0.1) is 11.6 Å². The van der Waals surface area contributed by atoms with Gasteiger partial charge in [0.25, 0.3) is 0 Å². The van der Waals surface area contributed by atoms with Gasteiger partial charge in [-0.2, -0.15) is 0 Å². The Morgan fingerprint density at radius 2 is 2.50 bits per heavy atom. The second-order valence-corrected chi connectivity index (χ2v) is 4.69. The summed E-state index contributed by atoms with van der Waals surface area (Å²) in [5.41, 5.74) is 5.50. The molecule has 0 saturated heterocycles. The number of ether oxygens (including phenoxy) is 1. The fraction of sp³-hybridized carbons (Fsp3) is 0.727. The van der Waals surface area contributed by atoms with E-state index in [9.17, 15) is 0 Å². The van der Waals surface area contributed by atoms with Gasteiger partial charge in [0.2, 0.25) is 0 Å². The lowest BCUT2D eigenvalue weighted by Crippen LogP contribution is -2.35. The lowest BCUT2D eigenvalue weighted by atomic mass is 10.1. The van der Waals surface area contributed by atoms with E-state index in [0.29, 0.717) is 6.04 Å². The quantitative estimate of drug-likeness (QED) is 0.680. The second-order valence-electron chi connectivity index (χ2n) is 3.71. The van der Waals surface area contributed by atoms with Crippen LogP contribution in [0.5, 0.6) is 0 Å². The summed E-state index contributed by atoms with van der Waals surface area (Å²) in [6.45, 7) is 2.44. The van der Waals surface area contributed by atoms with E-state index < -0.39 is 0 Å². The summed E-state index contributed by atoms with van der Waals surface area (Å²) < 4.78 is 5.17. The number of methoxy groups -OCH3 is 1. The van der Waals surface area contributed by atoms with Gasteiger partial charge in [0.15, 0.2) is 0 Å². The van der Waals surface area contributed by atoms with Gasteiger partial charge < -0.3 is 15.8 Å². The van der Waals surface area contributed by atoms with Crippen LogP contribution in [0.1, 0.15) is 17.8 Å². The first-order valence-corrected chi connectivity index (χ1v) is 6.55. The Morgan fingerprint density at radius 3 is 3.12 bits per heavy atom. The monoisotopic (exact) mass is 243 g/mol. The zero-order valence-electron chi connectivity index (χ0n) is 9.82. The smallest absolute Gasteiger partial charge is 0.0937 e. The largest absolute Gasteiger partial charge is 0.383 e. The van der Waals surface area contributed by atoms with E-state index in [-0.39, 0.29) is 0 Å². The molecular formula is C11H21N3OS. The van der Waals surface area contributed by atoms with Crippen molar-refractivity contribution in [2.24, 2.45) is 5.73 Å². The van der Waals surface area contributed by atoms with Crippen molar-refractivity contribution in [1.29, 1.82) is 0 Å². The van der Waals surface area contributed by atoms with Crippen molar-refractivity contribution < 1.29 is 4.74 Å². The zero-order valence-corrected chi connectivity index (χ0v) is 10.6. The van der Waals surface area contributed by atoms with Crippen LogP contribution in [0, 0.1) is 0 Å². The van der Waals surface area contributed by atoms with Gasteiger partial charge >= 0.3 is 0 Å². The van der Waals surface area contributed by atoms with Crippen molar-refractivity contribution >= 4 is 11.3 Å². The topological polar surface area (TPSA) is 60.2 Å². The Kier molecular flexibility index (Phi) is 7.33.